The first-order valence-electron chi connectivity index (χ1n) is 11.6. The average molecular weight is 485 g/mol. The largest absolute Gasteiger partial charge is 0.480 e. The van der Waals surface area contributed by atoms with E-state index in [2.05, 4.69) is 4.72 Å². The Labute approximate surface area is 201 Å². The molecular formula is C25H32N4O4S. The van der Waals surface area contributed by atoms with Crippen LogP contribution in [-0.4, -0.2) is 21.3 Å². The molecule has 0 bridgehead atoms. The Bertz CT molecular complexity index is 1250. The zero-order valence-corrected chi connectivity index (χ0v) is 20.3. The SMILES string of the molecule is CC(C)C(NS(=O)c1ccc2oc3cc(N(N)/C=C(\N)C4CCCCC4)ccc3c2c1)C(=O)O. The predicted molar refractivity (Wildman–Crippen MR) is 135 cm³/mol. The number of hydrogen-bond donors (Lipinski definition) is 4. The first-order valence-corrected chi connectivity index (χ1v) is 12.8. The molecule has 2 atom stereocenters. The van der Waals surface area contributed by atoms with E-state index in [1.54, 1.807) is 38.2 Å². The average Bonchev–Trinajstić information content (AvgIpc) is 3.19. The number of hydrazine groups is 1. The van der Waals surface area contributed by atoms with Crippen LogP contribution >= 0.6 is 0 Å². The van der Waals surface area contributed by atoms with Crippen LogP contribution in [0.4, 0.5) is 5.69 Å². The van der Waals surface area contributed by atoms with Crippen molar-refractivity contribution >= 4 is 44.6 Å². The maximum atomic E-state index is 12.8. The Morgan fingerprint density at radius 2 is 1.88 bits per heavy atom. The highest BCUT2D eigenvalue weighted by molar-refractivity contribution is 7.83. The zero-order chi connectivity index (χ0) is 24.4. The number of nitrogens with one attached hydrogen (secondary N) is 1. The van der Waals surface area contributed by atoms with Gasteiger partial charge < -0.3 is 15.3 Å². The van der Waals surface area contributed by atoms with Gasteiger partial charge in [-0.25, -0.2) is 14.8 Å². The summed E-state index contributed by atoms with van der Waals surface area (Å²) in [6.45, 7) is 3.54. The van der Waals surface area contributed by atoms with Crippen LogP contribution < -0.4 is 21.3 Å². The molecule has 0 radical (unpaired) electrons. The molecular weight excluding hydrogens is 452 g/mol. The van der Waals surface area contributed by atoms with Gasteiger partial charge in [0, 0.05) is 28.7 Å². The Hall–Kier alpha value is -2.88. The molecule has 4 rings (SSSR count). The Kier molecular flexibility index (Phi) is 7.25. The van der Waals surface area contributed by atoms with Gasteiger partial charge in [0.2, 0.25) is 0 Å². The summed E-state index contributed by atoms with van der Waals surface area (Å²) >= 11 is 0. The van der Waals surface area contributed by atoms with E-state index in [1.807, 2.05) is 18.2 Å². The first kappa shape index (κ1) is 24.3. The number of carboxylic acid groups (broad SMARTS) is 1. The third-order valence-corrected chi connectivity index (χ3v) is 7.62. The van der Waals surface area contributed by atoms with Crippen molar-refractivity contribution in [2.75, 3.05) is 5.01 Å². The van der Waals surface area contributed by atoms with Crippen molar-refractivity contribution in [1.29, 1.82) is 0 Å². The highest BCUT2D eigenvalue weighted by atomic mass is 32.2. The number of carboxylic acids is 1. The molecule has 3 aromatic rings. The number of benzene rings is 2. The van der Waals surface area contributed by atoms with Crippen LogP contribution in [0.3, 0.4) is 0 Å². The van der Waals surface area contributed by atoms with Gasteiger partial charge in [0.05, 0.1) is 10.6 Å². The summed E-state index contributed by atoms with van der Waals surface area (Å²) in [6, 6.07) is 9.94. The Morgan fingerprint density at radius 1 is 1.15 bits per heavy atom. The number of fused-ring (bicyclic) bond motifs is 3. The molecule has 1 fully saturated rings. The molecule has 1 aliphatic carbocycles. The van der Waals surface area contributed by atoms with Gasteiger partial charge in [-0.2, -0.15) is 0 Å². The van der Waals surface area contributed by atoms with Crippen LogP contribution in [0.1, 0.15) is 46.0 Å². The van der Waals surface area contributed by atoms with E-state index in [0.717, 1.165) is 35.0 Å². The van der Waals surface area contributed by atoms with Crippen LogP contribution in [0, 0.1) is 11.8 Å². The molecule has 2 aromatic carbocycles. The lowest BCUT2D eigenvalue weighted by atomic mass is 9.87. The summed E-state index contributed by atoms with van der Waals surface area (Å²) in [4.78, 5) is 11.9. The quantitative estimate of drug-likeness (QED) is 0.275. The minimum absolute atomic E-state index is 0.209. The second kappa shape index (κ2) is 10.2. The standard InChI is InChI=1S/C25H32N4O4S/c1-15(2)24(25(30)31)28-34(32)18-9-11-22-20(13-18)19-10-8-17(12-23(19)33-22)29(27)14-21(26)16-6-4-3-5-7-16/h8-16,24,28H,3-7,26-27H2,1-2H3,(H,30,31)/b21-14-. The molecule has 1 heterocycles. The first-order chi connectivity index (χ1) is 16.2. The van der Waals surface area contributed by atoms with Crippen LogP contribution in [0.15, 0.2) is 57.6 Å². The third kappa shape index (κ3) is 5.11. The molecule has 0 spiro atoms. The van der Waals surface area contributed by atoms with Gasteiger partial charge in [0.25, 0.3) is 0 Å². The van der Waals surface area contributed by atoms with Gasteiger partial charge in [-0.3, -0.25) is 9.80 Å². The summed E-state index contributed by atoms with van der Waals surface area (Å²) in [5, 5.41) is 12.6. The fourth-order valence-electron chi connectivity index (χ4n) is 4.45. The smallest absolute Gasteiger partial charge is 0.321 e. The molecule has 9 heteroatoms. The van der Waals surface area contributed by atoms with Gasteiger partial charge in [-0.05, 0) is 55.0 Å². The Balaban J connectivity index is 1.59. The van der Waals surface area contributed by atoms with Crippen molar-refractivity contribution < 1.29 is 18.5 Å². The molecule has 1 aromatic heterocycles. The highest BCUT2D eigenvalue weighted by Crippen LogP contribution is 2.33. The maximum absolute atomic E-state index is 12.8. The maximum Gasteiger partial charge on any atom is 0.321 e. The number of nitrogens with zero attached hydrogens (tertiary/aromatic N) is 1. The fraction of sp³-hybridized carbons (Fsp3) is 0.400. The van der Waals surface area contributed by atoms with E-state index in [-0.39, 0.29) is 5.92 Å². The van der Waals surface area contributed by atoms with Crippen molar-refractivity contribution in [3.8, 4) is 0 Å². The topological polar surface area (TPSA) is 135 Å². The van der Waals surface area contributed by atoms with E-state index in [0.29, 0.717) is 22.0 Å². The molecule has 1 aliphatic rings. The zero-order valence-electron chi connectivity index (χ0n) is 19.5. The lowest BCUT2D eigenvalue weighted by Gasteiger charge is -2.24. The van der Waals surface area contributed by atoms with Crippen molar-refractivity contribution in [3.05, 3.63) is 48.3 Å². The summed E-state index contributed by atoms with van der Waals surface area (Å²) in [6.07, 6.45) is 7.66. The van der Waals surface area contributed by atoms with Crippen molar-refractivity contribution in [2.24, 2.45) is 23.4 Å². The summed E-state index contributed by atoms with van der Waals surface area (Å²) < 4.78 is 21.5. The number of aliphatic carboxylic acids is 1. The number of anilines is 1. The summed E-state index contributed by atoms with van der Waals surface area (Å²) in [7, 11) is -1.68. The van der Waals surface area contributed by atoms with Gasteiger partial charge in [0.15, 0.2) is 0 Å². The second-order valence-corrected chi connectivity index (χ2v) is 10.5. The molecule has 34 heavy (non-hydrogen) atoms. The van der Waals surface area contributed by atoms with Gasteiger partial charge in [-0.1, -0.05) is 33.1 Å². The van der Waals surface area contributed by atoms with Gasteiger partial charge in [-0.15, -0.1) is 0 Å². The molecule has 0 aliphatic heterocycles. The number of allylic oxidation sites excluding steroid dienone is 1. The van der Waals surface area contributed by atoms with E-state index >= 15 is 0 Å². The molecule has 1 saturated carbocycles. The van der Waals surface area contributed by atoms with Crippen molar-refractivity contribution in [3.63, 3.8) is 0 Å². The Morgan fingerprint density at radius 3 is 2.56 bits per heavy atom. The predicted octanol–water partition coefficient (Wildman–Crippen LogP) is 4.37. The lowest BCUT2D eigenvalue weighted by Crippen LogP contribution is -2.41. The molecule has 182 valence electrons. The van der Waals surface area contributed by atoms with E-state index in [4.69, 9.17) is 16.0 Å². The number of carbonyl (C=O) groups is 1. The third-order valence-electron chi connectivity index (χ3n) is 6.47. The minimum Gasteiger partial charge on any atom is -0.480 e. The molecule has 0 amide bonds. The summed E-state index contributed by atoms with van der Waals surface area (Å²) in [5.74, 6) is 5.42. The monoisotopic (exact) mass is 484 g/mol. The fourth-order valence-corrected chi connectivity index (χ4v) is 5.61. The number of rotatable bonds is 8. The van der Waals surface area contributed by atoms with E-state index in [9.17, 15) is 14.1 Å². The van der Waals surface area contributed by atoms with Crippen LogP contribution in [0.25, 0.3) is 21.9 Å². The number of nitrogens with two attached hydrogens (primary N) is 2. The van der Waals surface area contributed by atoms with Crippen LogP contribution in [0.2, 0.25) is 0 Å². The number of hydrogen-bond acceptors (Lipinski definition) is 6. The van der Waals surface area contributed by atoms with Gasteiger partial charge in [0.1, 0.15) is 28.2 Å². The summed E-state index contributed by atoms with van der Waals surface area (Å²) in [5.41, 5.74) is 9.16. The van der Waals surface area contributed by atoms with Crippen LogP contribution in [0.5, 0.6) is 0 Å². The van der Waals surface area contributed by atoms with Gasteiger partial charge >= 0.3 is 5.97 Å². The van der Waals surface area contributed by atoms with E-state index in [1.165, 1.54) is 24.3 Å². The van der Waals surface area contributed by atoms with Crippen LogP contribution in [-0.2, 0) is 15.8 Å². The van der Waals surface area contributed by atoms with Crippen molar-refractivity contribution in [2.45, 2.75) is 56.9 Å². The van der Waals surface area contributed by atoms with Crippen molar-refractivity contribution in [1.82, 2.24) is 4.72 Å². The van der Waals surface area contributed by atoms with E-state index < -0.39 is 23.0 Å². The molecule has 6 N–H and O–H groups in total. The lowest BCUT2D eigenvalue weighted by molar-refractivity contribution is -0.140. The normalized spacial score (nSPS) is 17.4. The number of furan rings is 1. The molecule has 0 saturated heterocycles. The minimum atomic E-state index is -1.68. The highest BCUT2D eigenvalue weighted by Gasteiger charge is 2.24. The molecule has 8 nitrogen and oxygen atoms in total. The second-order valence-electron chi connectivity index (χ2n) is 9.26. The molecule has 2 unspecified atom stereocenters.